The van der Waals surface area contributed by atoms with Gasteiger partial charge in [-0.25, -0.2) is 0 Å². The lowest BCUT2D eigenvalue weighted by molar-refractivity contribution is 0.548. The molecule has 0 aromatic rings. The largest absolute Gasteiger partial charge is 0.0992 e. The van der Waals surface area contributed by atoms with Crippen molar-refractivity contribution in [3.05, 3.63) is 0 Å². The van der Waals surface area contributed by atoms with Gasteiger partial charge in [0.05, 0.1) is 0 Å². The summed E-state index contributed by atoms with van der Waals surface area (Å²) in [6.45, 7) is 0. The first kappa shape index (κ1) is 14.9. The minimum Gasteiger partial charge on any atom is -0.0992 e. The smallest absolute Gasteiger partial charge is 0.0317 e. The van der Waals surface area contributed by atoms with Gasteiger partial charge in [-0.15, -0.1) is 0 Å². The molecule has 0 amide bonds. The molecule has 1 saturated heterocycles. The molecule has 16 heavy (non-hydrogen) atoms. The van der Waals surface area contributed by atoms with Gasteiger partial charge in [-0.2, -0.15) is 0 Å². The molecule has 0 aromatic carbocycles. The minimum atomic E-state index is 1.30. The monoisotopic (exact) mass is 260 g/mol. The van der Waals surface area contributed by atoms with Crippen LogP contribution in [0.4, 0.5) is 0 Å². The molecule has 1 heterocycles. The van der Waals surface area contributed by atoms with E-state index in [0.29, 0.717) is 0 Å². The second-order valence-corrected chi connectivity index (χ2v) is 8.92. The van der Waals surface area contributed by atoms with Crippen molar-refractivity contribution in [3.8, 4) is 0 Å². The highest BCUT2D eigenvalue weighted by Gasteiger charge is 1.96. The van der Waals surface area contributed by atoms with Crippen molar-refractivity contribution in [2.24, 2.45) is 0 Å². The first-order valence-electron chi connectivity index (χ1n) is 7.46. The molecule has 2 heteroatoms. The Morgan fingerprint density at radius 1 is 0.312 bits per heavy atom. The Morgan fingerprint density at radius 3 is 0.875 bits per heavy atom. The minimum absolute atomic E-state index is 1.30. The third-order valence-electron chi connectivity index (χ3n) is 3.48. The topological polar surface area (TPSA) is 0 Å². The second-order valence-electron chi connectivity index (χ2n) is 5.10. The third kappa shape index (κ3) is 10.0. The van der Waals surface area contributed by atoms with Crippen molar-refractivity contribution in [3.63, 3.8) is 0 Å². The van der Waals surface area contributed by atoms with Gasteiger partial charge in [-0.05, 0) is 25.2 Å². The van der Waals surface area contributed by atoms with Crippen LogP contribution in [-0.2, 0) is 0 Å². The molecule has 1 fully saturated rings. The predicted octanol–water partition coefficient (Wildman–Crippen LogP) is 5.95. The van der Waals surface area contributed by atoms with Crippen LogP contribution in [-0.4, -0.2) is 12.3 Å². The molecule has 0 N–H and O–H groups in total. The molecule has 0 aromatic heterocycles. The molecule has 1 rings (SSSR count). The van der Waals surface area contributed by atoms with Crippen molar-refractivity contribution in [2.45, 2.75) is 77.0 Å². The van der Waals surface area contributed by atoms with Crippen LogP contribution in [0.3, 0.4) is 0 Å². The maximum absolute atomic E-state index is 1.54. The zero-order chi connectivity index (χ0) is 11.3. The molecule has 0 radical (unpaired) electrons. The van der Waals surface area contributed by atoms with Crippen LogP contribution in [0, 0.1) is 0 Å². The van der Waals surface area contributed by atoms with E-state index >= 15 is 0 Å². The van der Waals surface area contributed by atoms with Crippen LogP contribution in [0.5, 0.6) is 0 Å². The van der Waals surface area contributed by atoms with E-state index in [4.69, 9.17) is 0 Å². The van der Waals surface area contributed by atoms with E-state index in [1.165, 1.54) is 93.6 Å². The van der Waals surface area contributed by atoms with Crippen molar-refractivity contribution < 1.29 is 0 Å². The van der Waals surface area contributed by atoms with E-state index in [1.807, 2.05) is 0 Å². The summed E-state index contributed by atoms with van der Waals surface area (Å²) in [4.78, 5) is 0. The van der Waals surface area contributed by atoms with Crippen molar-refractivity contribution in [2.75, 3.05) is 12.3 Å². The van der Waals surface area contributed by atoms with Crippen LogP contribution in [0.15, 0.2) is 0 Å². The fraction of sp³-hybridized carbons (Fsp3) is 1.00. The quantitative estimate of drug-likeness (QED) is 0.472. The normalized spacial score (nSPS) is 27.0. The highest BCUT2D eigenvalue weighted by molar-refractivity contribution is 8.11. The zero-order valence-corrected chi connectivity index (χ0v) is 12.9. The van der Waals surface area contributed by atoms with E-state index in [2.05, 4.69) is 0 Å². The fourth-order valence-electron chi connectivity index (χ4n) is 2.37. The highest BCUT2D eigenvalue weighted by atomic mass is 32.0. The molecule has 2 unspecified atom stereocenters. The van der Waals surface area contributed by atoms with E-state index in [-0.39, 0.29) is 0 Å². The van der Waals surface area contributed by atoms with Crippen LogP contribution in [0.2, 0.25) is 0 Å². The Kier molecular flexibility index (Phi) is 11.5. The van der Waals surface area contributed by atoms with Gasteiger partial charge < -0.3 is 0 Å². The van der Waals surface area contributed by atoms with Gasteiger partial charge in [-0.3, -0.25) is 0 Å². The summed E-state index contributed by atoms with van der Waals surface area (Å²) in [5, 5.41) is 0. The lowest BCUT2D eigenvalue weighted by Gasteiger charge is -2.06. The first-order valence-corrected chi connectivity index (χ1v) is 10.9. The molecule has 1 aliphatic heterocycles. The highest BCUT2D eigenvalue weighted by Crippen LogP contribution is 2.38. The molecule has 0 saturated carbocycles. The number of hydrogen-bond acceptors (Lipinski definition) is 0. The van der Waals surface area contributed by atoms with E-state index in [1.54, 1.807) is 12.3 Å². The van der Waals surface area contributed by atoms with Crippen molar-refractivity contribution in [1.29, 1.82) is 0 Å². The lowest BCUT2D eigenvalue weighted by atomic mass is 10.1. The van der Waals surface area contributed by atoms with Gasteiger partial charge in [-0.1, -0.05) is 80.7 Å². The van der Waals surface area contributed by atoms with Gasteiger partial charge >= 0.3 is 0 Å². The molecular formula is C14H30P2. The van der Waals surface area contributed by atoms with E-state index in [0.717, 1.165) is 0 Å². The Bertz CT molecular complexity index is 72.7. The average Bonchev–Trinajstić information content (AvgIpc) is 2.29. The summed E-state index contributed by atoms with van der Waals surface area (Å²) < 4.78 is 0. The Morgan fingerprint density at radius 2 is 0.562 bits per heavy atom. The lowest BCUT2D eigenvalue weighted by Crippen LogP contribution is -1.85. The van der Waals surface area contributed by atoms with Gasteiger partial charge in [0, 0.05) is 0 Å². The second kappa shape index (κ2) is 12.3. The van der Waals surface area contributed by atoms with Crippen LogP contribution in [0.1, 0.15) is 77.0 Å². The number of hydrogen-bond donors (Lipinski definition) is 0. The first-order chi connectivity index (χ1) is 8.00. The summed E-state index contributed by atoms with van der Waals surface area (Å²) in [6, 6.07) is 0. The van der Waals surface area contributed by atoms with Gasteiger partial charge in [0.2, 0.25) is 0 Å². The van der Waals surface area contributed by atoms with Crippen molar-refractivity contribution >= 4 is 16.5 Å². The molecular weight excluding hydrogens is 230 g/mol. The van der Waals surface area contributed by atoms with Crippen LogP contribution >= 0.6 is 16.5 Å². The summed E-state index contributed by atoms with van der Waals surface area (Å²) in [5.74, 6) is 0. The summed E-state index contributed by atoms with van der Waals surface area (Å²) in [7, 11) is 2.60. The van der Waals surface area contributed by atoms with Gasteiger partial charge in [0.25, 0.3) is 0 Å². The molecule has 96 valence electrons. The Balaban J connectivity index is 2.00. The fourth-order valence-corrected chi connectivity index (χ4v) is 5.70. The standard InChI is InChI=1S/C14H30P2/c1-2-4-6-8-10-12-14-16-15-13-11-9-7-5-3-1/h15-16H,1-14H2. The van der Waals surface area contributed by atoms with E-state index < -0.39 is 0 Å². The summed E-state index contributed by atoms with van der Waals surface area (Å²) in [5.41, 5.74) is 0. The van der Waals surface area contributed by atoms with Gasteiger partial charge in [0.15, 0.2) is 0 Å². The predicted molar refractivity (Wildman–Crippen MR) is 81.8 cm³/mol. The Hall–Kier alpha value is 0.860. The molecule has 0 aliphatic carbocycles. The molecule has 0 bridgehead atoms. The maximum atomic E-state index is 1.54. The molecule has 0 spiro atoms. The number of rotatable bonds is 0. The third-order valence-corrected chi connectivity index (χ3v) is 7.19. The Labute approximate surface area is 106 Å². The van der Waals surface area contributed by atoms with E-state index in [9.17, 15) is 0 Å². The zero-order valence-electron chi connectivity index (χ0n) is 10.9. The SMILES string of the molecule is C1CCCCCCCPPCCCCCC1. The summed E-state index contributed by atoms with van der Waals surface area (Å²) >= 11 is 0. The van der Waals surface area contributed by atoms with Crippen LogP contribution < -0.4 is 0 Å². The van der Waals surface area contributed by atoms with Crippen molar-refractivity contribution in [1.82, 2.24) is 0 Å². The summed E-state index contributed by atoms with van der Waals surface area (Å²) in [6.07, 6.45) is 21.2. The molecule has 0 nitrogen and oxygen atoms in total. The maximum Gasteiger partial charge on any atom is -0.0317 e. The average molecular weight is 260 g/mol. The van der Waals surface area contributed by atoms with Gasteiger partial charge in [0.1, 0.15) is 0 Å². The molecule has 1 aliphatic rings. The molecule has 2 atom stereocenters. The van der Waals surface area contributed by atoms with Crippen LogP contribution in [0.25, 0.3) is 0 Å².